The van der Waals surface area contributed by atoms with E-state index in [1.807, 2.05) is 36.5 Å². The molecule has 1 aromatic carbocycles. The average molecular weight is 240 g/mol. The standard InChI is InChI=1S/C14H16N4/c1-2-5-11(6-3-1)17-14-10-15-9-13(18-14)12-7-4-8-16-12/h1-3,5-6,9-10,12,16H,4,7-8H2,(H,17,18). The summed E-state index contributed by atoms with van der Waals surface area (Å²) in [4.78, 5) is 8.87. The summed E-state index contributed by atoms with van der Waals surface area (Å²) in [7, 11) is 0. The molecule has 1 aliphatic rings. The highest BCUT2D eigenvalue weighted by Crippen LogP contribution is 2.22. The van der Waals surface area contributed by atoms with Gasteiger partial charge in [0.05, 0.1) is 24.1 Å². The predicted molar refractivity (Wildman–Crippen MR) is 71.7 cm³/mol. The summed E-state index contributed by atoms with van der Waals surface area (Å²) in [6, 6.07) is 10.4. The Labute approximate surface area is 106 Å². The van der Waals surface area contributed by atoms with E-state index < -0.39 is 0 Å². The van der Waals surface area contributed by atoms with Gasteiger partial charge in [0.25, 0.3) is 0 Å². The molecule has 4 nitrogen and oxygen atoms in total. The van der Waals surface area contributed by atoms with E-state index in [-0.39, 0.29) is 0 Å². The van der Waals surface area contributed by atoms with Crippen molar-refractivity contribution in [1.29, 1.82) is 0 Å². The van der Waals surface area contributed by atoms with Crippen LogP contribution in [0.5, 0.6) is 0 Å². The number of rotatable bonds is 3. The Morgan fingerprint density at radius 3 is 2.83 bits per heavy atom. The molecule has 1 saturated heterocycles. The largest absolute Gasteiger partial charge is 0.339 e. The van der Waals surface area contributed by atoms with Gasteiger partial charge < -0.3 is 10.6 Å². The van der Waals surface area contributed by atoms with Gasteiger partial charge in [0.2, 0.25) is 0 Å². The maximum atomic E-state index is 4.61. The van der Waals surface area contributed by atoms with E-state index in [1.165, 1.54) is 6.42 Å². The zero-order chi connectivity index (χ0) is 12.2. The monoisotopic (exact) mass is 240 g/mol. The van der Waals surface area contributed by atoms with E-state index in [0.717, 1.165) is 30.2 Å². The first kappa shape index (κ1) is 11.2. The topological polar surface area (TPSA) is 49.8 Å². The van der Waals surface area contributed by atoms with Crippen molar-refractivity contribution in [2.24, 2.45) is 0 Å². The van der Waals surface area contributed by atoms with Gasteiger partial charge in [-0.3, -0.25) is 4.98 Å². The van der Waals surface area contributed by atoms with Crippen molar-refractivity contribution in [3.8, 4) is 0 Å². The first-order valence-corrected chi connectivity index (χ1v) is 6.29. The molecular weight excluding hydrogens is 224 g/mol. The Morgan fingerprint density at radius 1 is 1.17 bits per heavy atom. The van der Waals surface area contributed by atoms with Crippen LogP contribution in [0.15, 0.2) is 42.7 Å². The van der Waals surface area contributed by atoms with E-state index in [2.05, 4.69) is 20.6 Å². The lowest BCUT2D eigenvalue weighted by atomic mass is 10.2. The molecule has 0 spiro atoms. The summed E-state index contributed by atoms with van der Waals surface area (Å²) in [5, 5.41) is 6.70. The number of hydrogen-bond acceptors (Lipinski definition) is 4. The smallest absolute Gasteiger partial charge is 0.149 e. The number of benzene rings is 1. The average Bonchev–Trinajstić information content (AvgIpc) is 2.94. The predicted octanol–water partition coefficient (Wildman–Crippen LogP) is 2.64. The lowest BCUT2D eigenvalue weighted by Crippen LogP contribution is -2.15. The van der Waals surface area contributed by atoms with E-state index >= 15 is 0 Å². The van der Waals surface area contributed by atoms with E-state index in [4.69, 9.17) is 0 Å². The van der Waals surface area contributed by atoms with Crippen molar-refractivity contribution in [2.45, 2.75) is 18.9 Å². The number of anilines is 2. The van der Waals surface area contributed by atoms with Crippen LogP contribution >= 0.6 is 0 Å². The zero-order valence-corrected chi connectivity index (χ0v) is 10.1. The first-order chi connectivity index (χ1) is 8.92. The lowest BCUT2D eigenvalue weighted by molar-refractivity contribution is 0.625. The van der Waals surface area contributed by atoms with Crippen molar-refractivity contribution in [3.05, 3.63) is 48.4 Å². The minimum atomic E-state index is 0.357. The summed E-state index contributed by atoms with van der Waals surface area (Å²) < 4.78 is 0. The van der Waals surface area contributed by atoms with Crippen molar-refractivity contribution in [2.75, 3.05) is 11.9 Å². The van der Waals surface area contributed by atoms with Crippen molar-refractivity contribution in [1.82, 2.24) is 15.3 Å². The van der Waals surface area contributed by atoms with Gasteiger partial charge in [-0.05, 0) is 31.5 Å². The van der Waals surface area contributed by atoms with Crippen LogP contribution in [0.25, 0.3) is 0 Å². The molecule has 0 aliphatic carbocycles. The lowest BCUT2D eigenvalue weighted by Gasteiger charge is -2.11. The highest BCUT2D eigenvalue weighted by Gasteiger charge is 2.17. The number of nitrogens with zero attached hydrogens (tertiary/aromatic N) is 2. The fourth-order valence-corrected chi connectivity index (χ4v) is 2.22. The third-order valence-corrected chi connectivity index (χ3v) is 3.12. The second-order valence-electron chi connectivity index (χ2n) is 4.47. The molecule has 1 fully saturated rings. The highest BCUT2D eigenvalue weighted by molar-refractivity contribution is 5.54. The molecule has 0 radical (unpaired) electrons. The quantitative estimate of drug-likeness (QED) is 0.866. The summed E-state index contributed by atoms with van der Waals surface area (Å²) in [6.45, 7) is 1.07. The zero-order valence-electron chi connectivity index (χ0n) is 10.1. The van der Waals surface area contributed by atoms with Crippen molar-refractivity contribution >= 4 is 11.5 Å². The molecule has 2 N–H and O–H groups in total. The molecule has 18 heavy (non-hydrogen) atoms. The molecule has 0 saturated carbocycles. The van der Waals surface area contributed by atoms with Gasteiger partial charge in [-0.25, -0.2) is 4.98 Å². The molecule has 4 heteroatoms. The second-order valence-corrected chi connectivity index (χ2v) is 4.47. The first-order valence-electron chi connectivity index (χ1n) is 6.29. The van der Waals surface area contributed by atoms with Gasteiger partial charge >= 0.3 is 0 Å². The molecule has 2 aromatic rings. The number of nitrogens with one attached hydrogen (secondary N) is 2. The Bertz CT molecular complexity index is 506. The van der Waals surface area contributed by atoms with Crippen LogP contribution in [-0.2, 0) is 0 Å². The second kappa shape index (κ2) is 5.14. The summed E-state index contributed by atoms with van der Waals surface area (Å²) >= 11 is 0. The summed E-state index contributed by atoms with van der Waals surface area (Å²) in [6.07, 6.45) is 5.96. The molecule has 0 bridgehead atoms. The maximum Gasteiger partial charge on any atom is 0.149 e. The summed E-state index contributed by atoms with van der Waals surface area (Å²) in [5.74, 6) is 0.799. The van der Waals surface area contributed by atoms with Crippen LogP contribution in [-0.4, -0.2) is 16.5 Å². The SMILES string of the molecule is c1ccc(Nc2cncc(C3CCCN3)n2)cc1. The molecule has 1 aromatic heterocycles. The van der Waals surface area contributed by atoms with Crippen LogP contribution < -0.4 is 10.6 Å². The van der Waals surface area contributed by atoms with E-state index in [0.29, 0.717) is 6.04 Å². The van der Waals surface area contributed by atoms with Gasteiger partial charge in [-0.15, -0.1) is 0 Å². The van der Waals surface area contributed by atoms with Gasteiger partial charge in [0.1, 0.15) is 5.82 Å². The number of hydrogen-bond donors (Lipinski definition) is 2. The molecule has 0 amide bonds. The minimum absolute atomic E-state index is 0.357. The van der Waals surface area contributed by atoms with Gasteiger partial charge in [-0.2, -0.15) is 0 Å². The molecular formula is C14H16N4. The van der Waals surface area contributed by atoms with E-state index in [1.54, 1.807) is 6.20 Å². The Morgan fingerprint density at radius 2 is 2.06 bits per heavy atom. The number of para-hydroxylation sites is 1. The van der Waals surface area contributed by atoms with Crippen LogP contribution in [0, 0.1) is 0 Å². The highest BCUT2D eigenvalue weighted by atomic mass is 15.0. The van der Waals surface area contributed by atoms with Gasteiger partial charge in [0, 0.05) is 5.69 Å². The van der Waals surface area contributed by atoms with E-state index in [9.17, 15) is 0 Å². The third-order valence-electron chi connectivity index (χ3n) is 3.12. The van der Waals surface area contributed by atoms with Crippen molar-refractivity contribution < 1.29 is 0 Å². The van der Waals surface area contributed by atoms with Crippen LogP contribution in [0.1, 0.15) is 24.6 Å². The Kier molecular flexibility index (Phi) is 3.19. The summed E-state index contributed by atoms with van der Waals surface area (Å²) in [5.41, 5.74) is 2.05. The van der Waals surface area contributed by atoms with Crippen molar-refractivity contribution in [3.63, 3.8) is 0 Å². The molecule has 1 unspecified atom stereocenters. The minimum Gasteiger partial charge on any atom is -0.339 e. The fraction of sp³-hybridized carbons (Fsp3) is 0.286. The van der Waals surface area contributed by atoms with Gasteiger partial charge in [-0.1, -0.05) is 18.2 Å². The maximum absolute atomic E-state index is 4.61. The molecule has 1 atom stereocenters. The van der Waals surface area contributed by atoms with Crippen LogP contribution in [0.4, 0.5) is 11.5 Å². The molecule has 3 rings (SSSR count). The van der Waals surface area contributed by atoms with Crippen LogP contribution in [0.3, 0.4) is 0 Å². The molecule has 92 valence electrons. The molecule has 2 heterocycles. The molecule has 1 aliphatic heterocycles. The van der Waals surface area contributed by atoms with Gasteiger partial charge in [0.15, 0.2) is 0 Å². The van der Waals surface area contributed by atoms with Crippen LogP contribution in [0.2, 0.25) is 0 Å². The fourth-order valence-electron chi connectivity index (χ4n) is 2.22. The normalized spacial score (nSPS) is 18.8. The number of aromatic nitrogens is 2. The third kappa shape index (κ3) is 2.49. The Balaban J connectivity index is 1.78. The Hall–Kier alpha value is -1.94.